The lowest BCUT2D eigenvalue weighted by Gasteiger charge is -2.10. The molecule has 3 rings (SSSR count). The number of carbonyl (C=O) groups excluding carboxylic acids is 1. The van der Waals surface area contributed by atoms with E-state index in [9.17, 15) is 17.6 Å². The van der Waals surface area contributed by atoms with E-state index in [2.05, 4.69) is 20.1 Å². The molecule has 140 valence electrons. The van der Waals surface area contributed by atoms with Crippen LogP contribution in [0.5, 0.6) is 0 Å². The van der Waals surface area contributed by atoms with Crippen molar-refractivity contribution in [1.82, 2.24) is 14.8 Å². The second kappa shape index (κ2) is 7.96. The molecule has 1 amide bonds. The maximum absolute atomic E-state index is 12.9. The van der Waals surface area contributed by atoms with Crippen molar-refractivity contribution in [3.8, 4) is 0 Å². The highest BCUT2D eigenvalue weighted by Crippen LogP contribution is 2.19. The van der Waals surface area contributed by atoms with Crippen LogP contribution in [0, 0.1) is 5.82 Å². The molecule has 3 aromatic rings. The minimum atomic E-state index is -3.82. The zero-order valence-electron chi connectivity index (χ0n) is 14.0. The summed E-state index contributed by atoms with van der Waals surface area (Å²) >= 11 is 0. The summed E-state index contributed by atoms with van der Waals surface area (Å²) < 4.78 is 41.4. The summed E-state index contributed by atoms with van der Waals surface area (Å²) in [7, 11) is -3.82. The number of nitrogens with zero attached hydrogens (tertiary/aromatic N) is 3. The summed E-state index contributed by atoms with van der Waals surface area (Å²) in [6, 6.07) is 10.7. The predicted molar refractivity (Wildman–Crippen MR) is 96.9 cm³/mol. The van der Waals surface area contributed by atoms with Crippen LogP contribution in [0.15, 0.2) is 66.1 Å². The third kappa shape index (κ3) is 5.11. The summed E-state index contributed by atoms with van der Waals surface area (Å²) in [5.41, 5.74) is 0.850. The Morgan fingerprint density at radius 3 is 2.33 bits per heavy atom. The molecule has 0 atom stereocenters. The van der Waals surface area contributed by atoms with E-state index in [1.165, 1.54) is 36.9 Å². The molecular weight excluding hydrogens is 373 g/mol. The average Bonchev–Trinajstić information content (AvgIpc) is 3.15. The van der Waals surface area contributed by atoms with Gasteiger partial charge in [-0.3, -0.25) is 14.2 Å². The molecule has 8 nitrogen and oxygen atoms in total. The van der Waals surface area contributed by atoms with Gasteiger partial charge in [0.2, 0.25) is 5.91 Å². The van der Waals surface area contributed by atoms with Crippen LogP contribution >= 0.6 is 0 Å². The fourth-order valence-corrected chi connectivity index (χ4v) is 3.30. The molecule has 27 heavy (non-hydrogen) atoms. The minimum absolute atomic E-state index is 0.0469. The van der Waals surface area contributed by atoms with Crippen LogP contribution < -0.4 is 10.0 Å². The SMILES string of the molecule is O=C(CCn1cncn1)Nc1ccc(NS(=O)(=O)c2ccc(F)cc2)cc1. The van der Waals surface area contributed by atoms with Crippen molar-refractivity contribution in [1.29, 1.82) is 0 Å². The first kappa shape index (κ1) is 18.5. The van der Waals surface area contributed by atoms with Crippen LogP contribution in [0.3, 0.4) is 0 Å². The van der Waals surface area contributed by atoms with E-state index < -0.39 is 15.8 Å². The monoisotopic (exact) mass is 389 g/mol. The van der Waals surface area contributed by atoms with Gasteiger partial charge in [-0.2, -0.15) is 5.10 Å². The van der Waals surface area contributed by atoms with Gasteiger partial charge >= 0.3 is 0 Å². The Hall–Kier alpha value is -3.27. The highest BCUT2D eigenvalue weighted by molar-refractivity contribution is 7.92. The van der Waals surface area contributed by atoms with Crippen molar-refractivity contribution >= 4 is 27.3 Å². The third-order valence-corrected chi connectivity index (χ3v) is 4.98. The van der Waals surface area contributed by atoms with Crippen molar-refractivity contribution in [3.63, 3.8) is 0 Å². The Kier molecular flexibility index (Phi) is 5.46. The molecule has 1 heterocycles. The van der Waals surface area contributed by atoms with Crippen LogP contribution in [0.2, 0.25) is 0 Å². The van der Waals surface area contributed by atoms with Gasteiger partial charge in [0.05, 0.1) is 11.4 Å². The smallest absolute Gasteiger partial charge is 0.261 e. The number of hydrogen-bond donors (Lipinski definition) is 2. The number of hydrogen-bond acceptors (Lipinski definition) is 5. The lowest BCUT2D eigenvalue weighted by molar-refractivity contribution is -0.116. The molecule has 10 heteroatoms. The molecule has 2 aromatic carbocycles. The maximum atomic E-state index is 12.9. The minimum Gasteiger partial charge on any atom is -0.326 e. The van der Waals surface area contributed by atoms with Gasteiger partial charge in [-0.1, -0.05) is 0 Å². The third-order valence-electron chi connectivity index (χ3n) is 3.58. The van der Waals surface area contributed by atoms with E-state index in [0.717, 1.165) is 12.1 Å². The molecule has 0 saturated heterocycles. The number of anilines is 2. The molecule has 0 radical (unpaired) electrons. The largest absolute Gasteiger partial charge is 0.326 e. The first-order valence-corrected chi connectivity index (χ1v) is 9.41. The maximum Gasteiger partial charge on any atom is 0.261 e. The van der Waals surface area contributed by atoms with Gasteiger partial charge in [-0.05, 0) is 48.5 Å². The molecule has 0 spiro atoms. The fraction of sp³-hybridized carbons (Fsp3) is 0.118. The highest BCUT2D eigenvalue weighted by atomic mass is 32.2. The van der Waals surface area contributed by atoms with Gasteiger partial charge in [-0.15, -0.1) is 0 Å². The number of amides is 1. The highest BCUT2D eigenvalue weighted by Gasteiger charge is 2.14. The summed E-state index contributed by atoms with van der Waals surface area (Å²) in [6.45, 7) is 0.404. The molecule has 0 bridgehead atoms. The number of carbonyl (C=O) groups is 1. The van der Waals surface area contributed by atoms with E-state index in [1.807, 2.05) is 0 Å². The lowest BCUT2D eigenvalue weighted by atomic mass is 10.3. The Bertz CT molecular complexity index is 1000. The molecule has 0 saturated carbocycles. The van der Waals surface area contributed by atoms with Gasteiger partial charge < -0.3 is 5.32 Å². The Balaban J connectivity index is 1.58. The van der Waals surface area contributed by atoms with Gasteiger partial charge in [0.1, 0.15) is 18.5 Å². The summed E-state index contributed by atoms with van der Waals surface area (Å²) in [5, 5.41) is 6.62. The molecule has 0 aliphatic carbocycles. The summed E-state index contributed by atoms with van der Waals surface area (Å²) in [5.74, 6) is -0.719. The van der Waals surface area contributed by atoms with E-state index in [4.69, 9.17) is 0 Å². The molecule has 1 aromatic heterocycles. The number of halogens is 1. The molecular formula is C17H16FN5O3S. The zero-order chi connectivity index (χ0) is 19.3. The van der Waals surface area contributed by atoms with Gasteiger partial charge in [0.25, 0.3) is 10.0 Å². The number of aryl methyl sites for hydroxylation is 1. The number of sulfonamides is 1. The van der Waals surface area contributed by atoms with Crippen LogP contribution in [-0.2, 0) is 21.4 Å². The Morgan fingerprint density at radius 1 is 1.04 bits per heavy atom. The average molecular weight is 389 g/mol. The first-order chi connectivity index (χ1) is 12.9. The number of benzene rings is 2. The fourth-order valence-electron chi connectivity index (χ4n) is 2.24. The Morgan fingerprint density at radius 2 is 1.70 bits per heavy atom. The lowest BCUT2D eigenvalue weighted by Crippen LogP contribution is -2.15. The van der Waals surface area contributed by atoms with E-state index >= 15 is 0 Å². The van der Waals surface area contributed by atoms with Crippen molar-refractivity contribution < 1.29 is 17.6 Å². The van der Waals surface area contributed by atoms with Crippen LogP contribution in [0.25, 0.3) is 0 Å². The van der Waals surface area contributed by atoms with E-state index in [1.54, 1.807) is 16.8 Å². The number of aromatic nitrogens is 3. The summed E-state index contributed by atoms with van der Waals surface area (Å²) in [6.07, 6.45) is 3.14. The van der Waals surface area contributed by atoms with Crippen molar-refractivity contribution in [2.24, 2.45) is 0 Å². The second-order valence-corrected chi connectivity index (χ2v) is 7.28. The van der Waals surface area contributed by atoms with Crippen LogP contribution in [0.1, 0.15) is 6.42 Å². The first-order valence-electron chi connectivity index (χ1n) is 7.93. The van der Waals surface area contributed by atoms with Crippen molar-refractivity contribution in [3.05, 3.63) is 67.0 Å². The van der Waals surface area contributed by atoms with Crippen LogP contribution in [0.4, 0.5) is 15.8 Å². The van der Waals surface area contributed by atoms with E-state index in [0.29, 0.717) is 17.9 Å². The Labute approximate surface area is 155 Å². The molecule has 0 fully saturated rings. The number of rotatable bonds is 7. The predicted octanol–water partition coefficient (Wildman–Crippen LogP) is 2.25. The van der Waals surface area contributed by atoms with E-state index in [-0.39, 0.29) is 17.2 Å². The van der Waals surface area contributed by atoms with Gasteiger partial charge in [0.15, 0.2) is 0 Å². The van der Waals surface area contributed by atoms with Crippen molar-refractivity contribution in [2.75, 3.05) is 10.0 Å². The van der Waals surface area contributed by atoms with Crippen LogP contribution in [-0.4, -0.2) is 29.1 Å². The second-order valence-electron chi connectivity index (χ2n) is 5.59. The zero-order valence-corrected chi connectivity index (χ0v) is 14.9. The molecule has 0 aliphatic heterocycles. The normalized spacial score (nSPS) is 11.1. The van der Waals surface area contributed by atoms with Gasteiger partial charge in [-0.25, -0.2) is 17.8 Å². The standard InChI is InChI=1S/C17H16FN5O3S/c18-13-1-7-16(8-2-13)27(25,26)22-15-5-3-14(4-6-15)21-17(24)9-10-23-12-19-11-20-23/h1-8,11-12,22H,9-10H2,(H,21,24). The molecule has 2 N–H and O–H groups in total. The van der Waals surface area contributed by atoms with Crippen molar-refractivity contribution in [2.45, 2.75) is 17.9 Å². The topological polar surface area (TPSA) is 106 Å². The number of nitrogens with one attached hydrogen (secondary N) is 2. The summed E-state index contributed by atoms with van der Waals surface area (Å²) in [4.78, 5) is 15.7. The molecule has 0 unspecified atom stereocenters. The quantitative estimate of drug-likeness (QED) is 0.645. The van der Waals surface area contributed by atoms with Gasteiger partial charge in [0, 0.05) is 17.8 Å². The molecule has 0 aliphatic rings.